The average Bonchev–Trinajstić information content (AvgIpc) is 3.75. The van der Waals surface area contributed by atoms with Crippen LogP contribution >= 0.6 is 0 Å². The van der Waals surface area contributed by atoms with Crippen LogP contribution < -0.4 is 0 Å². The van der Waals surface area contributed by atoms with Crippen LogP contribution in [0.5, 0.6) is 0 Å². The molecule has 244 valence electrons. The van der Waals surface area contributed by atoms with Crippen molar-refractivity contribution in [2.24, 2.45) is 0 Å². The summed E-state index contributed by atoms with van der Waals surface area (Å²) in [6.07, 6.45) is 8.99. The van der Waals surface area contributed by atoms with Gasteiger partial charge in [0.1, 0.15) is 0 Å². The molecule has 1 aliphatic rings. The maximum atomic E-state index is 5.31. The lowest BCUT2D eigenvalue weighted by molar-refractivity contribution is 0.953. The second kappa shape index (κ2) is 11.3. The summed E-state index contributed by atoms with van der Waals surface area (Å²) in [7, 11) is 0. The molecule has 0 atom stereocenters. The Bertz CT molecular complexity index is 3050. The Hall–Kier alpha value is -6.85. The first kappa shape index (κ1) is 28.9. The van der Waals surface area contributed by atoms with Gasteiger partial charge in [-0.05, 0) is 52.6 Å². The fraction of sp³-hybridized carbons (Fsp3) is 0.0426. The van der Waals surface area contributed by atoms with Crippen LogP contribution in [0.25, 0.3) is 99.6 Å². The summed E-state index contributed by atoms with van der Waals surface area (Å²) >= 11 is 0. The van der Waals surface area contributed by atoms with Crippen molar-refractivity contribution in [3.05, 3.63) is 164 Å². The monoisotopic (exact) mass is 665 g/mol. The van der Waals surface area contributed by atoms with Gasteiger partial charge in [-0.2, -0.15) is 9.97 Å². The predicted octanol–water partition coefficient (Wildman–Crippen LogP) is 11.9. The van der Waals surface area contributed by atoms with E-state index in [9.17, 15) is 0 Å². The zero-order valence-corrected chi connectivity index (χ0v) is 28.2. The number of hydrogen-bond acceptors (Lipinski definition) is 3. The van der Waals surface area contributed by atoms with Crippen molar-refractivity contribution in [2.75, 3.05) is 0 Å². The van der Waals surface area contributed by atoms with Crippen molar-refractivity contribution in [3.63, 3.8) is 0 Å². The number of hydrogen-bond donors (Lipinski definition) is 0. The third-order valence-corrected chi connectivity index (χ3v) is 10.6. The van der Waals surface area contributed by atoms with Gasteiger partial charge in [0.25, 0.3) is 0 Å². The highest BCUT2D eigenvalue weighted by atomic mass is 15.2. The first-order valence-corrected chi connectivity index (χ1v) is 17.9. The largest absolute Gasteiger partial charge is 0.307 e. The lowest BCUT2D eigenvalue weighted by Crippen LogP contribution is -2.07. The van der Waals surface area contributed by atoms with E-state index in [2.05, 4.69) is 137 Å². The Morgan fingerprint density at radius 1 is 0.423 bits per heavy atom. The molecule has 1 aliphatic carbocycles. The van der Waals surface area contributed by atoms with Gasteiger partial charge in [-0.15, -0.1) is 0 Å². The van der Waals surface area contributed by atoms with Crippen LogP contribution in [0.3, 0.4) is 0 Å². The summed E-state index contributed by atoms with van der Waals surface area (Å²) in [6, 6.07) is 51.5. The van der Waals surface area contributed by atoms with E-state index in [0.29, 0.717) is 17.6 Å². The summed E-state index contributed by atoms with van der Waals surface area (Å²) in [4.78, 5) is 15.7. The molecule has 3 aromatic heterocycles. The number of benzene rings is 7. The molecule has 5 nitrogen and oxygen atoms in total. The third-order valence-electron chi connectivity index (χ3n) is 10.6. The lowest BCUT2D eigenvalue weighted by Gasteiger charge is -2.15. The highest BCUT2D eigenvalue weighted by Crippen LogP contribution is 2.45. The van der Waals surface area contributed by atoms with Crippen molar-refractivity contribution in [1.82, 2.24) is 24.1 Å². The van der Waals surface area contributed by atoms with Crippen LogP contribution in [0, 0.1) is 0 Å². The van der Waals surface area contributed by atoms with Gasteiger partial charge in [-0.25, -0.2) is 4.98 Å². The smallest absolute Gasteiger partial charge is 0.238 e. The molecule has 7 aromatic carbocycles. The Labute approximate surface area is 299 Å². The maximum Gasteiger partial charge on any atom is 0.238 e. The van der Waals surface area contributed by atoms with Crippen molar-refractivity contribution >= 4 is 70.9 Å². The molecule has 11 rings (SSSR count). The summed E-state index contributed by atoms with van der Waals surface area (Å²) in [6.45, 7) is 0. The standard InChI is InChI=1S/C47H31N5/c1-4-16-32(17-5-1)45-48-46(33-18-6-2-7-19-33)50-47(49-45)52-40-29-25-31-15-11-13-23-36(31)42(40)38-27-26-37-41-35-22-12-10-14-30(35)24-28-39(41)51(43(37)44(38)52)34-20-8-3-9-21-34/h1-2,4-8,10-29H,3,9H2. The van der Waals surface area contributed by atoms with Crippen molar-refractivity contribution < 1.29 is 0 Å². The van der Waals surface area contributed by atoms with Gasteiger partial charge in [0.05, 0.1) is 22.1 Å². The molecule has 0 aliphatic heterocycles. The lowest BCUT2D eigenvalue weighted by atomic mass is 10.0. The minimum Gasteiger partial charge on any atom is -0.307 e. The van der Waals surface area contributed by atoms with Crippen molar-refractivity contribution in [2.45, 2.75) is 12.8 Å². The van der Waals surface area contributed by atoms with Crippen LogP contribution in [-0.2, 0) is 0 Å². The highest BCUT2D eigenvalue weighted by Gasteiger charge is 2.25. The number of fused-ring (bicyclic) bond motifs is 11. The number of aromatic nitrogens is 5. The molecular weight excluding hydrogens is 635 g/mol. The minimum atomic E-state index is 0.588. The van der Waals surface area contributed by atoms with Crippen LogP contribution in [-0.4, -0.2) is 24.1 Å². The normalized spacial score (nSPS) is 13.3. The van der Waals surface area contributed by atoms with Gasteiger partial charge >= 0.3 is 0 Å². The fourth-order valence-electron chi connectivity index (χ4n) is 8.27. The number of nitrogens with zero attached hydrogens (tertiary/aromatic N) is 5. The van der Waals surface area contributed by atoms with Crippen molar-refractivity contribution in [3.8, 4) is 28.7 Å². The summed E-state index contributed by atoms with van der Waals surface area (Å²) in [5.74, 6) is 1.86. The minimum absolute atomic E-state index is 0.588. The molecule has 5 heteroatoms. The van der Waals surface area contributed by atoms with Gasteiger partial charge in [-0.1, -0.05) is 146 Å². The van der Waals surface area contributed by atoms with E-state index in [4.69, 9.17) is 15.0 Å². The second-order valence-electron chi connectivity index (χ2n) is 13.5. The summed E-state index contributed by atoms with van der Waals surface area (Å²) in [5.41, 5.74) is 7.53. The maximum absolute atomic E-state index is 5.31. The predicted molar refractivity (Wildman–Crippen MR) is 216 cm³/mol. The zero-order chi connectivity index (χ0) is 34.2. The van der Waals surface area contributed by atoms with Crippen LogP contribution in [0.2, 0.25) is 0 Å². The Morgan fingerprint density at radius 2 is 0.942 bits per heavy atom. The van der Waals surface area contributed by atoms with E-state index in [1.54, 1.807) is 0 Å². The van der Waals surface area contributed by atoms with Crippen LogP contribution in [0.15, 0.2) is 164 Å². The van der Waals surface area contributed by atoms with Crippen LogP contribution in [0.4, 0.5) is 0 Å². The first-order valence-electron chi connectivity index (χ1n) is 17.9. The summed E-state index contributed by atoms with van der Waals surface area (Å²) in [5, 5.41) is 9.68. The second-order valence-corrected chi connectivity index (χ2v) is 13.5. The van der Waals surface area contributed by atoms with Crippen molar-refractivity contribution in [1.29, 1.82) is 0 Å². The number of rotatable bonds is 4. The average molecular weight is 666 g/mol. The zero-order valence-electron chi connectivity index (χ0n) is 28.2. The van der Waals surface area contributed by atoms with E-state index in [-0.39, 0.29) is 0 Å². The van der Waals surface area contributed by atoms with E-state index < -0.39 is 0 Å². The quantitative estimate of drug-likeness (QED) is 0.188. The molecule has 10 aromatic rings. The SMILES string of the molecule is C1=CC(n2c3ccc4ccccc4c3c3ccc4c5c6ccccc6ccc5n(-c5nc(-c6ccccc6)nc(-c6ccccc6)n5)c4c32)=CCC1. The van der Waals surface area contributed by atoms with E-state index >= 15 is 0 Å². The highest BCUT2D eigenvalue weighted by molar-refractivity contribution is 6.31. The number of allylic oxidation sites excluding steroid dienone is 4. The Balaban J connectivity index is 1.38. The Kier molecular flexibility index (Phi) is 6.31. The van der Waals surface area contributed by atoms with E-state index in [1.807, 2.05) is 36.4 Å². The van der Waals surface area contributed by atoms with Gasteiger partial charge in [0.2, 0.25) is 5.95 Å². The van der Waals surface area contributed by atoms with Gasteiger partial charge in [-0.3, -0.25) is 4.57 Å². The molecule has 0 N–H and O–H groups in total. The van der Waals surface area contributed by atoms with Gasteiger partial charge in [0.15, 0.2) is 11.6 Å². The molecular formula is C47H31N5. The molecule has 0 radical (unpaired) electrons. The molecule has 0 saturated carbocycles. The van der Waals surface area contributed by atoms with Crippen LogP contribution in [0.1, 0.15) is 12.8 Å². The molecule has 0 bridgehead atoms. The first-order chi connectivity index (χ1) is 25.8. The van der Waals surface area contributed by atoms with Gasteiger partial charge in [0, 0.05) is 38.4 Å². The Morgan fingerprint density at radius 3 is 1.50 bits per heavy atom. The molecule has 0 saturated heterocycles. The summed E-state index contributed by atoms with van der Waals surface area (Å²) < 4.78 is 4.77. The third kappa shape index (κ3) is 4.26. The van der Waals surface area contributed by atoms with E-state index in [0.717, 1.165) is 45.9 Å². The molecule has 0 unspecified atom stereocenters. The molecule has 52 heavy (non-hydrogen) atoms. The topological polar surface area (TPSA) is 48.5 Å². The molecule has 0 amide bonds. The van der Waals surface area contributed by atoms with E-state index in [1.165, 1.54) is 48.9 Å². The fourth-order valence-corrected chi connectivity index (χ4v) is 8.27. The molecule has 0 fully saturated rings. The molecule has 0 spiro atoms. The van der Waals surface area contributed by atoms with Gasteiger partial charge < -0.3 is 4.57 Å². The molecule has 3 heterocycles.